The number of nitrogens with zero attached hydrogens (tertiary/aromatic N) is 1. The maximum Gasteiger partial charge on any atom is 0.0661 e. The monoisotopic (exact) mass is 213 g/mol. The first kappa shape index (κ1) is 8.92. The fraction of sp³-hybridized carbons (Fsp3) is 0.200. The lowest BCUT2D eigenvalue weighted by atomic mass is 10.2. The molecule has 0 aliphatic carbocycles. The Morgan fingerprint density at radius 2 is 2.08 bits per heavy atom. The number of hydrogen-bond donors (Lipinski definition) is 0. The molecule has 13 heavy (non-hydrogen) atoms. The lowest BCUT2D eigenvalue weighted by molar-refractivity contribution is 0.798. The molecule has 3 heteroatoms. The van der Waals surface area contributed by atoms with E-state index in [0.29, 0.717) is 0 Å². The number of fused-ring (bicyclic) bond motifs is 1. The zero-order valence-electron chi connectivity index (χ0n) is 7.22. The van der Waals surface area contributed by atoms with Crippen LogP contribution in [0.1, 0.15) is 6.92 Å². The van der Waals surface area contributed by atoms with Crippen molar-refractivity contribution < 1.29 is 0 Å². The zero-order valence-corrected chi connectivity index (χ0v) is 8.73. The Kier molecular flexibility index (Phi) is 2.22. The summed E-state index contributed by atoms with van der Waals surface area (Å²) in [6.45, 7) is 3.01. The largest absolute Gasteiger partial charge is 0.346 e. The van der Waals surface area contributed by atoms with Gasteiger partial charge in [-0.25, -0.2) is 0 Å². The Morgan fingerprint density at radius 1 is 1.31 bits per heavy atom. The van der Waals surface area contributed by atoms with Crippen molar-refractivity contribution in [2.45, 2.75) is 13.5 Å². The quantitative estimate of drug-likeness (QED) is 0.676. The fourth-order valence-corrected chi connectivity index (χ4v) is 1.93. The van der Waals surface area contributed by atoms with Crippen LogP contribution in [-0.2, 0) is 6.54 Å². The number of halogens is 2. The molecule has 0 bridgehead atoms. The molecule has 0 aliphatic heterocycles. The Balaban J connectivity index is 2.80. The van der Waals surface area contributed by atoms with Crippen LogP contribution in [0.5, 0.6) is 0 Å². The minimum atomic E-state index is 0.725. The molecule has 0 fully saturated rings. The molecule has 1 nitrogen and oxygen atoms in total. The van der Waals surface area contributed by atoms with Gasteiger partial charge in [0.25, 0.3) is 0 Å². The number of rotatable bonds is 1. The van der Waals surface area contributed by atoms with Gasteiger partial charge < -0.3 is 4.57 Å². The fourth-order valence-electron chi connectivity index (χ4n) is 1.49. The van der Waals surface area contributed by atoms with Gasteiger partial charge in [0.1, 0.15) is 0 Å². The van der Waals surface area contributed by atoms with Gasteiger partial charge in [0.05, 0.1) is 5.02 Å². The normalized spacial score (nSPS) is 11.0. The third kappa shape index (κ3) is 1.43. The van der Waals surface area contributed by atoms with Crippen molar-refractivity contribution in [2.75, 3.05) is 0 Å². The summed E-state index contributed by atoms with van der Waals surface area (Å²) in [6, 6.07) is 5.77. The minimum absolute atomic E-state index is 0.725. The van der Waals surface area contributed by atoms with Crippen LogP contribution < -0.4 is 0 Å². The molecular weight excluding hydrogens is 205 g/mol. The van der Waals surface area contributed by atoms with E-state index in [1.807, 2.05) is 24.4 Å². The number of benzene rings is 1. The van der Waals surface area contributed by atoms with Crippen LogP contribution in [-0.4, -0.2) is 4.57 Å². The lowest BCUT2D eigenvalue weighted by Gasteiger charge is -1.99. The lowest BCUT2D eigenvalue weighted by Crippen LogP contribution is -1.89. The van der Waals surface area contributed by atoms with Crippen molar-refractivity contribution in [3.8, 4) is 0 Å². The Labute approximate surface area is 86.9 Å². The van der Waals surface area contributed by atoms with Gasteiger partial charge in [-0.1, -0.05) is 23.2 Å². The molecule has 1 heterocycles. The van der Waals surface area contributed by atoms with E-state index in [4.69, 9.17) is 23.2 Å². The zero-order chi connectivity index (χ0) is 9.42. The maximum absolute atomic E-state index is 6.05. The van der Waals surface area contributed by atoms with E-state index < -0.39 is 0 Å². The highest BCUT2D eigenvalue weighted by atomic mass is 35.5. The highest BCUT2D eigenvalue weighted by Gasteiger charge is 2.05. The maximum atomic E-state index is 6.05. The molecule has 0 radical (unpaired) electrons. The molecular formula is C10H9Cl2N. The number of hydrogen-bond acceptors (Lipinski definition) is 0. The first-order chi connectivity index (χ1) is 6.22. The summed E-state index contributed by atoms with van der Waals surface area (Å²) in [7, 11) is 0. The second-order valence-corrected chi connectivity index (χ2v) is 3.77. The van der Waals surface area contributed by atoms with Crippen LogP contribution in [0.4, 0.5) is 0 Å². The van der Waals surface area contributed by atoms with Gasteiger partial charge in [-0.3, -0.25) is 0 Å². The van der Waals surface area contributed by atoms with Crippen LogP contribution in [0.25, 0.3) is 10.9 Å². The van der Waals surface area contributed by atoms with E-state index in [9.17, 15) is 0 Å². The third-order valence-corrected chi connectivity index (χ3v) is 2.67. The molecule has 0 saturated heterocycles. The van der Waals surface area contributed by atoms with Gasteiger partial charge >= 0.3 is 0 Å². The summed E-state index contributed by atoms with van der Waals surface area (Å²) < 4.78 is 2.11. The van der Waals surface area contributed by atoms with Crippen LogP contribution in [0.2, 0.25) is 10.0 Å². The molecule has 0 spiro atoms. The molecule has 68 valence electrons. The SMILES string of the molecule is CCn1cc(Cl)c2cc(Cl)ccc21. The summed E-state index contributed by atoms with van der Waals surface area (Å²) in [5, 5.41) is 2.51. The molecule has 0 amide bonds. The summed E-state index contributed by atoms with van der Waals surface area (Å²) in [5.74, 6) is 0. The highest BCUT2D eigenvalue weighted by Crippen LogP contribution is 2.28. The van der Waals surface area contributed by atoms with E-state index in [-0.39, 0.29) is 0 Å². The van der Waals surface area contributed by atoms with E-state index in [1.54, 1.807) is 0 Å². The van der Waals surface area contributed by atoms with Gasteiger partial charge in [0.2, 0.25) is 0 Å². The van der Waals surface area contributed by atoms with Crippen molar-refractivity contribution in [3.63, 3.8) is 0 Å². The van der Waals surface area contributed by atoms with Gasteiger partial charge in [-0.15, -0.1) is 0 Å². The van der Waals surface area contributed by atoms with E-state index in [1.165, 1.54) is 0 Å². The molecule has 0 aliphatic rings. The predicted molar refractivity (Wildman–Crippen MR) is 57.6 cm³/mol. The minimum Gasteiger partial charge on any atom is -0.346 e. The highest BCUT2D eigenvalue weighted by molar-refractivity contribution is 6.37. The van der Waals surface area contributed by atoms with Crippen LogP contribution in [0.15, 0.2) is 24.4 Å². The van der Waals surface area contributed by atoms with Crippen LogP contribution in [0, 0.1) is 0 Å². The Hall–Kier alpha value is -0.660. The summed E-state index contributed by atoms with van der Waals surface area (Å²) >= 11 is 11.9. The Morgan fingerprint density at radius 3 is 2.77 bits per heavy atom. The number of aromatic nitrogens is 1. The van der Waals surface area contributed by atoms with E-state index >= 15 is 0 Å². The standard InChI is InChI=1S/C10H9Cl2N/c1-2-13-6-9(12)8-5-7(11)3-4-10(8)13/h3-6H,2H2,1H3. The first-order valence-electron chi connectivity index (χ1n) is 4.16. The van der Waals surface area contributed by atoms with Crippen LogP contribution >= 0.6 is 23.2 Å². The summed E-state index contributed by atoms with van der Waals surface area (Å²) in [6.07, 6.45) is 1.93. The van der Waals surface area contributed by atoms with Crippen molar-refractivity contribution in [1.29, 1.82) is 0 Å². The van der Waals surface area contributed by atoms with Crippen molar-refractivity contribution in [3.05, 3.63) is 34.4 Å². The molecule has 2 rings (SSSR count). The first-order valence-corrected chi connectivity index (χ1v) is 4.92. The summed E-state index contributed by atoms with van der Waals surface area (Å²) in [5.41, 5.74) is 1.14. The second-order valence-electron chi connectivity index (χ2n) is 2.92. The molecule has 1 aromatic heterocycles. The summed E-state index contributed by atoms with van der Waals surface area (Å²) in [4.78, 5) is 0. The molecule has 1 aromatic carbocycles. The van der Waals surface area contributed by atoms with Gasteiger partial charge in [0.15, 0.2) is 0 Å². The average molecular weight is 214 g/mol. The molecule has 2 aromatic rings. The predicted octanol–water partition coefficient (Wildman–Crippen LogP) is 3.97. The molecule has 0 saturated carbocycles. The second kappa shape index (κ2) is 3.24. The van der Waals surface area contributed by atoms with Gasteiger partial charge in [0, 0.05) is 28.7 Å². The average Bonchev–Trinajstić information content (AvgIpc) is 2.43. The van der Waals surface area contributed by atoms with Crippen molar-refractivity contribution in [2.24, 2.45) is 0 Å². The van der Waals surface area contributed by atoms with Gasteiger partial charge in [-0.2, -0.15) is 0 Å². The Bertz CT molecular complexity index is 445. The van der Waals surface area contributed by atoms with Crippen molar-refractivity contribution >= 4 is 34.1 Å². The van der Waals surface area contributed by atoms with E-state index in [2.05, 4.69) is 11.5 Å². The smallest absolute Gasteiger partial charge is 0.0661 e. The third-order valence-electron chi connectivity index (χ3n) is 2.14. The van der Waals surface area contributed by atoms with Crippen LogP contribution in [0.3, 0.4) is 0 Å². The molecule has 0 unspecified atom stereocenters. The van der Waals surface area contributed by atoms with E-state index in [0.717, 1.165) is 27.5 Å². The van der Waals surface area contributed by atoms with Crippen molar-refractivity contribution in [1.82, 2.24) is 4.57 Å². The molecule has 0 atom stereocenters. The molecule has 0 N–H and O–H groups in total. The van der Waals surface area contributed by atoms with Gasteiger partial charge in [-0.05, 0) is 25.1 Å². The number of aryl methyl sites for hydroxylation is 1. The topological polar surface area (TPSA) is 4.93 Å².